The average molecular weight is 398 g/mol. The lowest BCUT2D eigenvalue weighted by Gasteiger charge is -2.10. The Hall–Kier alpha value is -3.12. The third-order valence-electron chi connectivity index (χ3n) is 4.10. The fourth-order valence-electron chi connectivity index (χ4n) is 2.60. The number of carbonyl (C=O) groups excluding carboxylic acids is 2. The van der Waals surface area contributed by atoms with Gasteiger partial charge in [0.15, 0.2) is 12.4 Å². The Morgan fingerprint density at radius 2 is 1.79 bits per heavy atom. The third kappa shape index (κ3) is 5.20. The molecule has 0 unspecified atom stereocenters. The molecule has 0 saturated heterocycles. The molecule has 3 aromatic rings. The lowest BCUT2D eigenvalue weighted by molar-refractivity contribution is -0.118. The normalized spacial score (nSPS) is 10.5. The zero-order valence-electron chi connectivity index (χ0n) is 15.4. The first-order valence-corrected chi connectivity index (χ1v) is 9.25. The molecule has 0 aliphatic heterocycles. The molecular formula is C21H20ClN3O3. The molecule has 0 bridgehead atoms. The molecule has 1 heterocycles. The first-order chi connectivity index (χ1) is 13.5. The van der Waals surface area contributed by atoms with Gasteiger partial charge in [-0.1, -0.05) is 30.7 Å². The SMILES string of the molecule is CCC(=O)c1ccc(OCC(=O)Nc2ccnn2Cc2ccc(Cl)cc2)cc1. The number of hydrogen-bond donors (Lipinski definition) is 1. The van der Waals surface area contributed by atoms with Gasteiger partial charge in [-0.25, -0.2) is 4.68 Å². The van der Waals surface area contributed by atoms with Crippen molar-refractivity contribution in [3.05, 3.63) is 76.9 Å². The van der Waals surface area contributed by atoms with E-state index < -0.39 is 0 Å². The Morgan fingerprint density at radius 1 is 1.07 bits per heavy atom. The second kappa shape index (κ2) is 9.19. The van der Waals surface area contributed by atoms with Crippen LogP contribution in [0.1, 0.15) is 29.3 Å². The monoisotopic (exact) mass is 397 g/mol. The largest absolute Gasteiger partial charge is 0.484 e. The second-order valence-corrected chi connectivity index (χ2v) is 6.57. The number of halogens is 1. The van der Waals surface area contributed by atoms with Gasteiger partial charge >= 0.3 is 0 Å². The molecule has 0 atom stereocenters. The van der Waals surface area contributed by atoms with Crippen LogP contribution in [-0.2, 0) is 11.3 Å². The number of ether oxygens (including phenoxy) is 1. The lowest BCUT2D eigenvalue weighted by atomic mass is 10.1. The maximum Gasteiger partial charge on any atom is 0.263 e. The zero-order chi connectivity index (χ0) is 19.9. The van der Waals surface area contributed by atoms with Crippen LogP contribution in [0.5, 0.6) is 5.75 Å². The number of anilines is 1. The van der Waals surface area contributed by atoms with Crippen molar-refractivity contribution in [1.82, 2.24) is 9.78 Å². The molecule has 1 N–H and O–H groups in total. The molecule has 0 aliphatic rings. The summed E-state index contributed by atoms with van der Waals surface area (Å²) < 4.78 is 7.18. The minimum atomic E-state index is -0.299. The van der Waals surface area contributed by atoms with Crippen LogP contribution >= 0.6 is 11.6 Å². The molecular weight excluding hydrogens is 378 g/mol. The van der Waals surface area contributed by atoms with Gasteiger partial charge < -0.3 is 10.1 Å². The maximum absolute atomic E-state index is 12.2. The fourth-order valence-corrected chi connectivity index (χ4v) is 2.72. The number of nitrogens with zero attached hydrogens (tertiary/aromatic N) is 2. The van der Waals surface area contributed by atoms with Gasteiger partial charge in [-0.05, 0) is 42.0 Å². The number of benzene rings is 2. The summed E-state index contributed by atoms with van der Waals surface area (Å²) in [6, 6.07) is 15.9. The predicted molar refractivity (Wildman–Crippen MR) is 108 cm³/mol. The van der Waals surface area contributed by atoms with Crippen LogP contribution < -0.4 is 10.1 Å². The van der Waals surface area contributed by atoms with Crippen LogP contribution in [0.25, 0.3) is 0 Å². The molecule has 0 saturated carbocycles. The molecule has 0 aliphatic carbocycles. The van der Waals surface area contributed by atoms with Gasteiger partial charge in [0.2, 0.25) is 0 Å². The molecule has 6 nitrogen and oxygen atoms in total. The number of Topliss-reactive ketones (excluding diaryl/α,β-unsaturated/α-hetero) is 1. The van der Waals surface area contributed by atoms with E-state index in [2.05, 4.69) is 10.4 Å². The molecule has 1 amide bonds. The summed E-state index contributed by atoms with van der Waals surface area (Å²) in [6.07, 6.45) is 2.07. The molecule has 1 aromatic heterocycles. The highest BCUT2D eigenvalue weighted by atomic mass is 35.5. The Morgan fingerprint density at radius 3 is 2.46 bits per heavy atom. The van der Waals surface area contributed by atoms with Crippen LogP contribution in [0.3, 0.4) is 0 Å². The van der Waals surface area contributed by atoms with Crippen molar-refractivity contribution in [3.63, 3.8) is 0 Å². The number of aromatic nitrogens is 2. The highest BCUT2D eigenvalue weighted by molar-refractivity contribution is 6.30. The third-order valence-corrected chi connectivity index (χ3v) is 4.35. The molecule has 3 rings (SSSR count). The van der Waals surface area contributed by atoms with Crippen LogP contribution in [0.2, 0.25) is 5.02 Å². The summed E-state index contributed by atoms with van der Waals surface area (Å²) >= 11 is 5.90. The van der Waals surface area contributed by atoms with Gasteiger partial charge in [-0.3, -0.25) is 9.59 Å². The van der Waals surface area contributed by atoms with E-state index in [9.17, 15) is 9.59 Å². The molecule has 144 valence electrons. The summed E-state index contributed by atoms with van der Waals surface area (Å²) in [7, 11) is 0. The van der Waals surface area contributed by atoms with Crippen molar-refractivity contribution in [2.75, 3.05) is 11.9 Å². The number of ketones is 1. The molecule has 28 heavy (non-hydrogen) atoms. The van der Waals surface area contributed by atoms with Crippen molar-refractivity contribution in [2.45, 2.75) is 19.9 Å². The van der Waals surface area contributed by atoms with Gasteiger partial charge in [0.1, 0.15) is 11.6 Å². The highest BCUT2D eigenvalue weighted by Gasteiger charge is 2.09. The van der Waals surface area contributed by atoms with Crippen molar-refractivity contribution < 1.29 is 14.3 Å². The van der Waals surface area contributed by atoms with E-state index in [1.165, 1.54) is 0 Å². The van der Waals surface area contributed by atoms with Gasteiger partial charge in [0, 0.05) is 23.1 Å². The quantitative estimate of drug-likeness (QED) is 0.578. The minimum absolute atomic E-state index is 0.0678. The van der Waals surface area contributed by atoms with E-state index in [0.717, 1.165) is 5.56 Å². The first kappa shape index (κ1) is 19.6. The van der Waals surface area contributed by atoms with Gasteiger partial charge in [0.05, 0.1) is 12.7 Å². The van der Waals surface area contributed by atoms with Gasteiger partial charge in [-0.15, -0.1) is 0 Å². The summed E-state index contributed by atoms with van der Waals surface area (Å²) in [6.45, 7) is 2.18. The van der Waals surface area contributed by atoms with E-state index >= 15 is 0 Å². The van der Waals surface area contributed by atoms with E-state index in [1.54, 1.807) is 41.2 Å². The van der Waals surface area contributed by atoms with Crippen LogP contribution in [0.4, 0.5) is 5.82 Å². The van der Waals surface area contributed by atoms with Crippen LogP contribution in [0, 0.1) is 0 Å². The Kier molecular flexibility index (Phi) is 6.45. The standard InChI is InChI=1S/C21H20ClN3O3/c1-2-19(26)16-5-9-18(10-6-16)28-14-21(27)24-20-11-12-23-25(20)13-15-3-7-17(22)8-4-15/h3-12H,2,13-14H2,1H3,(H,24,27). The smallest absolute Gasteiger partial charge is 0.263 e. The van der Waals surface area contributed by atoms with Crippen molar-refractivity contribution in [1.29, 1.82) is 0 Å². The zero-order valence-corrected chi connectivity index (χ0v) is 16.1. The summed E-state index contributed by atoms with van der Waals surface area (Å²) in [5, 5.41) is 7.69. The van der Waals surface area contributed by atoms with E-state index in [-0.39, 0.29) is 18.3 Å². The van der Waals surface area contributed by atoms with E-state index in [4.69, 9.17) is 16.3 Å². The van der Waals surface area contributed by atoms with Crippen molar-refractivity contribution in [2.24, 2.45) is 0 Å². The Bertz CT molecular complexity index is 950. The second-order valence-electron chi connectivity index (χ2n) is 6.14. The van der Waals surface area contributed by atoms with Gasteiger partial charge in [0.25, 0.3) is 5.91 Å². The average Bonchev–Trinajstić information content (AvgIpc) is 3.14. The van der Waals surface area contributed by atoms with Crippen molar-refractivity contribution >= 4 is 29.1 Å². The van der Waals surface area contributed by atoms with Crippen LogP contribution in [-0.4, -0.2) is 28.1 Å². The summed E-state index contributed by atoms with van der Waals surface area (Å²) in [4.78, 5) is 23.8. The number of hydrogen-bond acceptors (Lipinski definition) is 4. The molecule has 0 radical (unpaired) electrons. The molecule has 0 fully saturated rings. The topological polar surface area (TPSA) is 73.2 Å². The van der Waals surface area contributed by atoms with E-state index in [0.29, 0.717) is 35.1 Å². The number of nitrogens with one attached hydrogen (secondary N) is 1. The fraction of sp³-hybridized carbons (Fsp3) is 0.190. The number of amides is 1. The summed E-state index contributed by atoms with van der Waals surface area (Å²) in [5.74, 6) is 0.870. The first-order valence-electron chi connectivity index (χ1n) is 8.87. The minimum Gasteiger partial charge on any atom is -0.484 e. The maximum atomic E-state index is 12.2. The molecule has 2 aromatic carbocycles. The Labute approximate surface area is 168 Å². The Balaban J connectivity index is 1.55. The molecule has 0 spiro atoms. The van der Waals surface area contributed by atoms with Crippen LogP contribution in [0.15, 0.2) is 60.8 Å². The van der Waals surface area contributed by atoms with Gasteiger partial charge in [-0.2, -0.15) is 5.10 Å². The molecule has 7 heteroatoms. The van der Waals surface area contributed by atoms with Crippen molar-refractivity contribution in [3.8, 4) is 5.75 Å². The number of carbonyl (C=O) groups is 2. The predicted octanol–water partition coefficient (Wildman–Crippen LogP) is 4.20. The number of rotatable bonds is 8. The van der Waals surface area contributed by atoms with E-state index in [1.807, 2.05) is 31.2 Å². The summed E-state index contributed by atoms with van der Waals surface area (Å²) in [5.41, 5.74) is 1.65. The lowest BCUT2D eigenvalue weighted by Crippen LogP contribution is -2.22. The highest BCUT2D eigenvalue weighted by Crippen LogP contribution is 2.15.